The second kappa shape index (κ2) is 6.86. The lowest BCUT2D eigenvalue weighted by atomic mass is 10.1. The molecule has 27 heavy (non-hydrogen) atoms. The van der Waals surface area contributed by atoms with Crippen LogP contribution >= 0.6 is 11.3 Å². The second-order valence-electron chi connectivity index (χ2n) is 7.11. The van der Waals surface area contributed by atoms with Crippen molar-refractivity contribution in [1.29, 1.82) is 0 Å². The Morgan fingerprint density at radius 3 is 2.41 bits per heavy atom. The topological polar surface area (TPSA) is 50.3 Å². The minimum Gasteiger partial charge on any atom is -0.241 e. The lowest BCUT2D eigenvalue weighted by Crippen LogP contribution is -2.35. The molecule has 0 unspecified atom stereocenters. The molecule has 6 heteroatoms. The van der Waals surface area contributed by atoms with Gasteiger partial charge in [-0.25, -0.2) is 13.4 Å². The maximum atomic E-state index is 13.2. The van der Waals surface area contributed by atoms with E-state index in [0.29, 0.717) is 24.4 Å². The van der Waals surface area contributed by atoms with Gasteiger partial charge >= 0.3 is 0 Å². The molecule has 0 saturated heterocycles. The van der Waals surface area contributed by atoms with Crippen molar-refractivity contribution in [3.8, 4) is 10.6 Å². The Labute approximate surface area is 164 Å². The van der Waals surface area contributed by atoms with Crippen LogP contribution in [-0.2, 0) is 23.0 Å². The quantitative estimate of drug-likeness (QED) is 0.653. The molecule has 0 fully saturated rings. The first-order valence-electron chi connectivity index (χ1n) is 8.97. The Morgan fingerprint density at radius 2 is 1.70 bits per heavy atom. The van der Waals surface area contributed by atoms with E-state index in [2.05, 4.69) is 31.2 Å². The zero-order valence-electron chi connectivity index (χ0n) is 15.7. The van der Waals surface area contributed by atoms with Crippen molar-refractivity contribution in [3.05, 3.63) is 69.7 Å². The fourth-order valence-corrected chi connectivity index (χ4v) is 6.25. The maximum Gasteiger partial charge on any atom is 0.243 e. The molecule has 0 amide bonds. The third-order valence-electron chi connectivity index (χ3n) is 4.94. The van der Waals surface area contributed by atoms with Crippen molar-refractivity contribution < 1.29 is 8.42 Å². The normalized spacial score (nSPS) is 14.9. The highest BCUT2D eigenvalue weighted by atomic mass is 32.2. The summed E-state index contributed by atoms with van der Waals surface area (Å²) in [4.78, 5) is 6.22. The van der Waals surface area contributed by atoms with E-state index in [1.54, 1.807) is 21.7 Å². The van der Waals surface area contributed by atoms with E-state index in [1.165, 1.54) is 5.56 Å². The number of hydrogen-bond acceptors (Lipinski definition) is 4. The maximum absolute atomic E-state index is 13.2. The number of nitrogens with zero attached hydrogens (tertiary/aromatic N) is 2. The van der Waals surface area contributed by atoms with E-state index < -0.39 is 10.0 Å². The summed E-state index contributed by atoms with van der Waals surface area (Å²) in [6.45, 7) is 6.76. The van der Waals surface area contributed by atoms with Crippen LogP contribution in [0.1, 0.15) is 27.3 Å². The van der Waals surface area contributed by atoms with Crippen LogP contribution in [0.4, 0.5) is 0 Å². The van der Waals surface area contributed by atoms with Crippen LogP contribution in [0.2, 0.25) is 0 Å². The fraction of sp³-hybridized carbons (Fsp3) is 0.286. The van der Waals surface area contributed by atoms with Gasteiger partial charge in [0, 0.05) is 23.4 Å². The summed E-state index contributed by atoms with van der Waals surface area (Å²) in [6.07, 6.45) is 0.655. The predicted molar refractivity (Wildman–Crippen MR) is 110 cm³/mol. The summed E-state index contributed by atoms with van der Waals surface area (Å²) >= 11 is 1.60. The van der Waals surface area contributed by atoms with Crippen LogP contribution < -0.4 is 0 Å². The number of fused-ring (bicyclic) bond motifs is 1. The van der Waals surface area contributed by atoms with Crippen molar-refractivity contribution in [2.75, 3.05) is 6.54 Å². The van der Waals surface area contributed by atoms with Gasteiger partial charge in [-0.05, 0) is 32.4 Å². The molecule has 0 bridgehead atoms. The molecule has 4 nitrogen and oxygen atoms in total. The van der Waals surface area contributed by atoms with Crippen LogP contribution in [0.5, 0.6) is 0 Å². The van der Waals surface area contributed by atoms with Crippen molar-refractivity contribution in [3.63, 3.8) is 0 Å². The van der Waals surface area contributed by atoms with Crippen LogP contribution in [0.3, 0.4) is 0 Å². The van der Waals surface area contributed by atoms with Crippen LogP contribution in [0, 0.1) is 20.8 Å². The van der Waals surface area contributed by atoms with Crippen LogP contribution in [0.15, 0.2) is 47.4 Å². The molecule has 3 aromatic rings. The molecular weight excluding hydrogens is 376 g/mol. The van der Waals surface area contributed by atoms with Gasteiger partial charge in [-0.1, -0.05) is 47.5 Å². The highest BCUT2D eigenvalue weighted by Crippen LogP contribution is 2.34. The number of rotatable bonds is 3. The highest BCUT2D eigenvalue weighted by Gasteiger charge is 2.31. The SMILES string of the molecule is Cc1ccc(-c2nc3c(s2)CN(S(=O)(=O)c2ccc(C)cc2C)CC3)cc1. The summed E-state index contributed by atoms with van der Waals surface area (Å²) in [6, 6.07) is 13.8. The van der Waals surface area contributed by atoms with Gasteiger partial charge in [0.1, 0.15) is 5.01 Å². The molecule has 2 heterocycles. The van der Waals surface area contributed by atoms with Gasteiger partial charge < -0.3 is 0 Å². The van der Waals surface area contributed by atoms with E-state index >= 15 is 0 Å². The van der Waals surface area contributed by atoms with Gasteiger partial charge in [0.15, 0.2) is 0 Å². The highest BCUT2D eigenvalue weighted by molar-refractivity contribution is 7.89. The average molecular weight is 399 g/mol. The molecule has 0 spiro atoms. The van der Waals surface area contributed by atoms with Crippen LogP contribution in [0.25, 0.3) is 10.6 Å². The Bertz CT molecular complexity index is 1100. The van der Waals surface area contributed by atoms with E-state index in [4.69, 9.17) is 4.98 Å². The standard InChI is InChI=1S/C21H22N2O2S2/c1-14-4-7-17(8-5-14)21-22-18-10-11-23(13-19(18)26-21)27(24,25)20-9-6-15(2)12-16(20)3/h4-9,12H,10-11,13H2,1-3H3. The monoisotopic (exact) mass is 398 g/mol. The Kier molecular flexibility index (Phi) is 4.66. The third-order valence-corrected chi connectivity index (χ3v) is 8.08. The first kappa shape index (κ1) is 18.3. The molecule has 4 rings (SSSR count). The molecule has 1 aliphatic rings. The van der Waals surface area contributed by atoms with Crippen molar-refractivity contribution in [2.24, 2.45) is 0 Å². The van der Waals surface area contributed by atoms with Crippen LogP contribution in [-0.4, -0.2) is 24.3 Å². The Morgan fingerprint density at radius 1 is 1.00 bits per heavy atom. The van der Waals surface area contributed by atoms with E-state index in [-0.39, 0.29) is 0 Å². The number of hydrogen-bond donors (Lipinski definition) is 0. The van der Waals surface area contributed by atoms with E-state index in [0.717, 1.165) is 32.3 Å². The third kappa shape index (κ3) is 3.45. The van der Waals surface area contributed by atoms with Gasteiger partial charge in [0.05, 0.1) is 17.1 Å². The Balaban J connectivity index is 1.64. The van der Waals surface area contributed by atoms with E-state index in [9.17, 15) is 8.42 Å². The molecule has 0 atom stereocenters. The predicted octanol–water partition coefficient (Wildman–Crippen LogP) is 4.48. The summed E-state index contributed by atoms with van der Waals surface area (Å²) in [5.41, 5.74) is 5.19. The number of aromatic nitrogens is 1. The first-order valence-corrected chi connectivity index (χ1v) is 11.2. The molecule has 0 aliphatic carbocycles. The second-order valence-corrected chi connectivity index (χ2v) is 10.1. The lowest BCUT2D eigenvalue weighted by molar-refractivity contribution is 0.392. The number of aryl methyl sites for hydroxylation is 3. The molecule has 140 valence electrons. The molecule has 2 aromatic carbocycles. The zero-order chi connectivity index (χ0) is 19.2. The number of thiazole rings is 1. The van der Waals surface area contributed by atoms with Crippen molar-refractivity contribution >= 4 is 21.4 Å². The van der Waals surface area contributed by atoms with Crippen molar-refractivity contribution in [2.45, 2.75) is 38.6 Å². The fourth-order valence-electron chi connectivity index (χ4n) is 3.42. The van der Waals surface area contributed by atoms with Gasteiger partial charge in [-0.15, -0.1) is 11.3 Å². The van der Waals surface area contributed by atoms with E-state index in [1.807, 2.05) is 26.0 Å². The molecule has 0 saturated carbocycles. The molecule has 1 aromatic heterocycles. The molecular formula is C21H22N2O2S2. The summed E-state index contributed by atoms with van der Waals surface area (Å²) in [5, 5.41) is 0.964. The van der Waals surface area contributed by atoms with Gasteiger partial charge in [-0.2, -0.15) is 4.31 Å². The lowest BCUT2D eigenvalue weighted by Gasteiger charge is -2.26. The molecule has 0 N–H and O–H groups in total. The summed E-state index contributed by atoms with van der Waals surface area (Å²) in [5.74, 6) is 0. The molecule has 1 aliphatic heterocycles. The first-order chi connectivity index (χ1) is 12.8. The minimum absolute atomic E-state index is 0.397. The zero-order valence-corrected chi connectivity index (χ0v) is 17.3. The average Bonchev–Trinajstić information content (AvgIpc) is 3.05. The number of sulfonamides is 1. The largest absolute Gasteiger partial charge is 0.243 e. The number of benzene rings is 2. The molecule has 0 radical (unpaired) electrons. The minimum atomic E-state index is -3.50. The Hall–Kier alpha value is -2.02. The smallest absolute Gasteiger partial charge is 0.241 e. The summed E-state index contributed by atoms with van der Waals surface area (Å²) < 4.78 is 27.9. The summed E-state index contributed by atoms with van der Waals surface area (Å²) in [7, 11) is -3.50. The van der Waals surface area contributed by atoms with Crippen molar-refractivity contribution in [1.82, 2.24) is 9.29 Å². The van der Waals surface area contributed by atoms with Gasteiger partial charge in [0.2, 0.25) is 10.0 Å². The van der Waals surface area contributed by atoms with Gasteiger partial charge in [-0.3, -0.25) is 0 Å². The van der Waals surface area contributed by atoms with Gasteiger partial charge in [0.25, 0.3) is 0 Å².